The third-order valence-corrected chi connectivity index (χ3v) is 2.52. The average Bonchev–Trinajstić information content (AvgIpc) is 2.37. The summed E-state index contributed by atoms with van der Waals surface area (Å²) >= 11 is 0. The second-order valence-corrected chi connectivity index (χ2v) is 3.29. The van der Waals surface area contributed by atoms with E-state index in [0.717, 1.165) is 0 Å². The summed E-state index contributed by atoms with van der Waals surface area (Å²) in [4.78, 5) is 22.4. The van der Waals surface area contributed by atoms with E-state index in [1.54, 1.807) is 20.9 Å². The number of aromatic nitrogens is 1. The van der Waals surface area contributed by atoms with Gasteiger partial charge in [0.25, 0.3) is 0 Å². The first-order chi connectivity index (χ1) is 6.91. The first kappa shape index (κ1) is 11.3. The molecule has 1 N–H and O–H groups in total. The van der Waals surface area contributed by atoms with Gasteiger partial charge in [0, 0.05) is 12.7 Å². The molecule has 0 aliphatic heterocycles. The van der Waals surface area contributed by atoms with Gasteiger partial charge in [-0.05, 0) is 19.4 Å². The fourth-order valence-electron chi connectivity index (χ4n) is 1.68. The zero-order valence-electron chi connectivity index (χ0n) is 9.12. The molecule has 0 radical (unpaired) electrons. The standard InChI is InChI=1S/C10H13NO4/c1-5-7(9(12)13)6(2)11(3)8(5)10(14)15-4/h1-4H3,(H,12,13). The van der Waals surface area contributed by atoms with Crippen molar-refractivity contribution in [3.63, 3.8) is 0 Å². The fourth-order valence-corrected chi connectivity index (χ4v) is 1.68. The van der Waals surface area contributed by atoms with E-state index in [0.29, 0.717) is 11.3 Å². The number of carbonyl (C=O) groups excluding carboxylic acids is 1. The molecular weight excluding hydrogens is 198 g/mol. The van der Waals surface area contributed by atoms with Gasteiger partial charge in [0.15, 0.2) is 0 Å². The molecule has 1 heterocycles. The number of ether oxygens (including phenoxy) is 1. The Hall–Kier alpha value is -1.78. The molecule has 5 heteroatoms. The predicted molar refractivity (Wildman–Crippen MR) is 53.2 cm³/mol. The van der Waals surface area contributed by atoms with Gasteiger partial charge in [-0.15, -0.1) is 0 Å². The van der Waals surface area contributed by atoms with Crippen molar-refractivity contribution in [2.24, 2.45) is 7.05 Å². The molecule has 0 aliphatic rings. The molecular formula is C10H13NO4. The number of esters is 1. The first-order valence-corrected chi connectivity index (χ1v) is 4.39. The Morgan fingerprint density at radius 1 is 1.33 bits per heavy atom. The summed E-state index contributed by atoms with van der Waals surface area (Å²) in [5, 5.41) is 8.97. The Morgan fingerprint density at radius 3 is 2.20 bits per heavy atom. The van der Waals surface area contributed by atoms with Gasteiger partial charge in [0.05, 0.1) is 12.7 Å². The van der Waals surface area contributed by atoms with Crippen molar-refractivity contribution in [2.45, 2.75) is 13.8 Å². The van der Waals surface area contributed by atoms with Gasteiger partial charge in [-0.25, -0.2) is 9.59 Å². The number of carboxylic acid groups (broad SMARTS) is 1. The highest BCUT2D eigenvalue weighted by molar-refractivity contribution is 5.98. The molecule has 1 aromatic rings. The van der Waals surface area contributed by atoms with Gasteiger partial charge >= 0.3 is 11.9 Å². The lowest BCUT2D eigenvalue weighted by Gasteiger charge is -2.03. The molecule has 1 rings (SSSR count). The largest absolute Gasteiger partial charge is 0.478 e. The van der Waals surface area contributed by atoms with Gasteiger partial charge in [-0.1, -0.05) is 0 Å². The average molecular weight is 211 g/mol. The second-order valence-electron chi connectivity index (χ2n) is 3.29. The Labute approximate surface area is 87.3 Å². The Kier molecular flexibility index (Phi) is 2.83. The van der Waals surface area contributed by atoms with Gasteiger partial charge < -0.3 is 14.4 Å². The number of hydrogen-bond acceptors (Lipinski definition) is 3. The summed E-state index contributed by atoms with van der Waals surface area (Å²) in [5.41, 5.74) is 1.43. The molecule has 82 valence electrons. The van der Waals surface area contributed by atoms with Crippen LogP contribution in [0.25, 0.3) is 0 Å². The molecule has 5 nitrogen and oxygen atoms in total. The molecule has 0 fully saturated rings. The number of carbonyl (C=O) groups is 2. The van der Waals surface area contributed by atoms with Gasteiger partial charge in [-0.2, -0.15) is 0 Å². The van der Waals surface area contributed by atoms with Crippen molar-refractivity contribution >= 4 is 11.9 Å². The smallest absolute Gasteiger partial charge is 0.354 e. The molecule has 0 aliphatic carbocycles. The summed E-state index contributed by atoms with van der Waals surface area (Å²) in [7, 11) is 2.91. The van der Waals surface area contributed by atoms with Crippen LogP contribution in [0.4, 0.5) is 0 Å². The van der Waals surface area contributed by atoms with E-state index >= 15 is 0 Å². The highest BCUT2D eigenvalue weighted by atomic mass is 16.5. The van der Waals surface area contributed by atoms with Gasteiger partial charge in [-0.3, -0.25) is 0 Å². The van der Waals surface area contributed by atoms with E-state index < -0.39 is 11.9 Å². The zero-order chi connectivity index (χ0) is 11.7. The van der Waals surface area contributed by atoms with Crippen LogP contribution in [0.3, 0.4) is 0 Å². The monoisotopic (exact) mass is 211 g/mol. The van der Waals surface area contributed by atoms with Crippen molar-refractivity contribution in [2.75, 3.05) is 7.11 Å². The summed E-state index contributed by atoms with van der Waals surface area (Å²) in [5.74, 6) is -1.55. The summed E-state index contributed by atoms with van der Waals surface area (Å²) in [6, 6.07) is 0. The maximum Gasteiger partial charge on any atom is 0.354 e. The van der Waals surface area contributed by atoms with Crippen molar-refractivity contribution in [3.8, 4) is 0 Å². The second kappa shape index (κ2) is 3.76. The molecule has 0 unspecified atom stereocenters. The lowest BCUT2D eigenvalue weighted by atomic mass is 10.1. The molecule has 15 heavy (non-hydrogen) atoms. The molecule has 1 aromatic heterocycles. The van der Waals surface area contributed by atoms with Crippen molar-refractivity contribution in [3.05, 3.63) is 22.5 Å². The third kappa shape index (κ3) is 1.60. The van der Waals surface area contributed by atoms with E-state index in [2.05, 4.69) is 4.74 Å². The van der Waals surface area contributed by atoms with E-state index in [-0.39, 0.29) is 11.3 Å². The van der Waals surface area contributed by atoms with Crippen molar-refractivity contribution < 1.29 is 19.4 Å². The number of aromatic carboxylic acids is 1. The van der Waals surface area contributed by atoms with Crippen molar-refractivity contribution in [1.82, 2.24) is 4.57 Å². The quantitative estimate of drug-likeness (QED) is 0.744. The molecule has 0 bridgehead atoms. The first-order valence-electron chi connectivity index (χ1n) is 4.39. The molecule has 0 amide bonds. The maximum atomic E-state index is 11.4. The van der Waals surface area contributed by atoms with Crippen LogP contribution < -0.4 is 0 Å². The molecule has 0 aromatic carbocycles. The van der Waals surface area contributed by atoms with Gasteiger partial charge in [0.2, 0.25) is 0 Å². The van der Waals surface area contributed by atoms with E-state index in [1.165, 1.54) is 11.7 Å². The number of hydrogen-bond donors (Lipinski definition) is 1. The minimum atomic E-state index is -1.03. The van der Waals surface area contributed by atoms with E-state index in [9.17, 15) is 9.59 Å². The number of methoxy groups -OCH3 is 1. The summed E-state index contributed by atoms with van der Waals surface area (Å²) < 4.78 is 6.13. The van der Waals surface area contributed by atoms with E-state index in [1.807, 2.05) is 0 Å². The third-order valence-electron chi connectivity index (χ3n) is 2.52. The molecule has 0 spiro atoms. The highest BCUT2D eigenvalue weighted by Crippen LogP contribution is 2.21. The SMILES string of the molecule is COC(=O)c1c(C)c(C(=O)O)c(C)n1C. The number of carboxylic acids is 1. The molecule has 0 atom stereocenters. The fraction of sp³-hybridized carbons (Fsp3) is 0.400. The minimum Gasteiger partial charge on any atom is -0.478 e. The number of rotatable bonds is 2. The van der Waals surface area contributed by atoms with Crippen LogP contribution in [-0.4, -0.2) is 28.7 Å². The Balaban J connectivity index is 3.49. The lowest BCUT2D eigenvalue weighted by molar-refractivity contribution is 0.0588. The summed E-state index contributed by atoms with van der Waals surface area (Å²) in [6.45, 7) is 3.26. The number of nitrogens with zero attached hydrogens (tertiary/aromatic N) is 1. The van der Waals surface area contributed by atoms with Crippen LogP contribution in [0, 0.1) is 13.8 Å². The minimum absolute atomic E-state index is 0.165. The molecule has 0 saturated heterocycles. The van der Waals surface area contributed by atoms with Crippen LogP contribution in [0.5, 0.6) is 0 Å². The van der Waals surface area contributed by atoms with Crippen LogP contribution in [-0.2, 0) is 11.8 Å². The van der Waals surface area contributed by atoms with Crippen LogP contribution in [0.15, 0.2) is 0 Å². The van der Waals surface area contributed by atoms with Crippen LogP contribution in [0.1, 0.15) is 32.1 Å². The van der Waals surface area contributed by atoms with Crippen LogP contribution >= 0.6 is 0 Å². The zero-order valence-corrected chi connectivity index (χ0v) is 9.12. The predicted octanol–water partition coefficient (Wildman–Crippen LogP) is 1.13. The Morgan fingerprint density at radius 2 is 1.87 bits per heavy atom. The normalized spacial score (nSPS) is 10.1. The molecule has 0 saturated carbocycles. The Bertz CT molecular complexity index is 431. The van der Waals surface area contributed by atoms with Crippen molar-refractivity contribution in [1.29, 1.82) is 0 Å². The van der Waals surface area contributed by atoms with Gasteiger partial charge in [0.1, 0.15) is 5.69 Å². The maximum absolute atomic E-state index is 11.4. The van der Waals surface area contributed by atoms with E-state index in [4.69, 9.17) is 5.11 Å². The summed E-state index contributed by atoms with van der Waals surface area (Å²) in [6.07, 6.45) is 0. The van der Waals surface area contributed by atoms with Crippen LogP contribution in [0.2, 0.25) is 0 Å². The highest BCUT2D eigenvalue weighted by Gasteiger charge is 2.24. The lowest BCUT2D eigenvalue weighted by Crippen LogP contribution is -2.09. The topological polar surface area (TPSA) is 68.5 Å².